The van der Waals surface area contributed by atoms with E-state index in [2.05, 4.69) is 21.8 Å². The van der Waals surface area contributed by atoms with Gasteiger partial charge in [0.05, 0.1) is 43.6 Å². The fourth-order valence-corrected chi connectivity index (χ4v) is 8.66. The van der Waals surface area contributed by atoms with Crippen LogP contribution in [0.3, 0.4) is 0 Å². The summed E-state index contributed by atoms with van der Waals surface area (Å²) >= 11 is 6.43. The number of carbonyl (C=O) groups excluding carboxylic acids is 1. The summed E-state index contributed by atoms with van der Waals surface area (Å²) in [7, 11) is -0.696. The van der Waals surface area contributed by atoms with Crippen LogP contribution in [-0.2, 0) is 41.0 Å². The summed E-state index contributed by atoms with van der Waals surface area (Å²) in [6.45, 7) is 6.19. The molecular formula is C35H46ClN3O7S. The number of benzene rings is 2. The van der Waals surface area contributed by atoms with Crippen molar-refractivity contribution in [3.63, 3.8) is 0 Å². The van der Waals surface area contributed by atoms with Gasteiger partial charge in [-0.15, -0.1) is 0 Å². The molecule has 2 bridgehead atoms. The van der Waals surface area contributed by atoms with Gasteiger partial charge in [-0.05, 0) is 99.2 Å². The van der Waals surface area contributed by atoms with Gasteiger partial charge < -0.3 is 23.9 Å². The van der Waals surface area contributed by atoms with Crippen LogP contribution in [0.2, 0.25) is 5.02 Å². The summed E-state index contributed by atoms with van der Waals surface area (Å²) in [6.07, 6.45) is 8.68. The van der Waals surface area contributed by atoms with Crippen molar-refractivity contribution in [1.82, 2.24) is 9.79 Å². The molecule has 256 valence electrons. The molecular weight excluding hydrogens is 642 g/mol. The molecule has 0 radical (unpaired) electrons. The Morgan fingerprint density at radius 2 is 2.00 bits per heavy atom. The zero-order valence-electron chi connectivity index (χ0n) is 27.7. The third-order valence-corrected chi connectivity index (χ3v) is 11.9. The lowest BCUT2D eigenvalue weighted by molar-refractivity contribution is -0.139. The standard InChI is InChI=1S/C35H46ClN3O7S/c1-34(2)33(40)37-47(41,42)27-11-14-32-30(20-27)39(22-35(23-45-32)15-5-7-24-19-26(36)10-13-29(24)35)21-25-9-12-28(25)31(8-6-17-46-34)44-18-16-38(3)43-4/h6,8,10-11,13-14,19-20,25,28,31H,5,7,9,12,15-18,21-23H2,1-4H3,(H,37,40)/b8-6-/t25-,28+,31-,35-/m0/s1. The zero-order valence-corrected chi connectivity index (χ0v) is 29.2. The van der Waals surface area contributed by atoms with E-state index >= 15 is 0 Å². The molecule has 1 fully saturated rings. The van der Waals surface area contributed by atoms with Crippen LogP contribution < -0.4 is 14.4 Å². The minimum Gasteiger partial charge on any atom is -0.490 e. The molecule has 2 aromatic rings. The van der Waals surface area contributed by atoms with Gasteiger partial charge in [-0.2, -0.15) is 5.06 Å². The van der Waals surface area contributed by atoms with Crippen molar-refractivity contribution >= 4 is 33.2 Å². The van der Waals surface area contributed by atoms with Crippen LogP contribution in [0.1, 0.15) is 50.7 Å². The highest BCUT2D eigenvalue weighted by molar-refractivity contribution is 7.90. The molecule has 1 N–H and O–H groups in total. The lowest BCUT2D eigenvalue weighted by Crippen LogP contribution is -2.50. The van der Waals surface area contributed by atoms with Gasteiger partial charge in [0, 0.05) is 37.1 Å². The number of rotatable bonds is 5. The molecule has 0 aromatic heterocycles. The fraction of sp³-hybridized carbons (Fsp3) is 0.571. The van der Waals surface area contributed by atoms with E-state index in [1.807, 2.05) is 25.3 Å². The number of anilines is 1. The first-order valence-corrected chi connectivity index (χ1v) is 18.3. The number of likely N-dealkylation sites (N-methyl/N-ethyl adjacent to an activating group) is 1. The van der Waals surface area contributed by atoms with Crippen LogP contribution >= 0.6 is 11.6 Å². The van der Waals surface area contributed by atoms with E-state index in [1.165, 1.54) is 17.2 Å². The molecule has 47 heavy (non-hydrogen) atoms. The second kappa shape index (κ2) is 13.7. The first-order chi connectivity index (χ1) is 22.4. The lowest BCUT2D eigenvalue weighted by Gasteiger charge is -2.46. The molecule has 1 saturated carbocycles. The Morgan fingerprint density at radius 3 is 2.77 bits per heavy atom. The molecule has 0 saturated heterocycles. The number of hydrogen-bond acceptors (Lipinski definition) is 9. The van der Waals surface area contributed by atoms with Gasteiger partial charge in [-0.3, -0.25) is 4.79 Å². The van der Waals surface area contributed by atoms with Crippen LogP contribution in [0.25, 0.3) is 0 Å². The van der Waals surface area contributed by atoms with E-state index in [0.29, 0.717) is 50.2 Å². The van der Waals surface area contributed by atoms with Crippen molar-refractivity contribution in [1.29, 1.82) is 0 Å². The molecule has 4 aliphatic rings. The third-order valence-electron chi connectivity index (χ3n) is 10.3. The molecule has 0 unspecified atom stereocenters. The Kier molecular flexibility index (Phi) is 9.96. The Bertz CT molecular complexity index is 1620. The Labute approximate surface area is 283 Å². The average Bonchev–Trinajstić information content (AvgIpc) is 3.17. The van der Waals surface area contributed by atoms with Crippen LogP contribution in [0.4, 0.5) is 5.69 Å². The molecule has 1 amide bonds. The normalized spacial score (nSPS) is 29.1. The number of sulfonamides is 1. The Morgan fingerprint density at radius 1 is 1.17 bits per heavy atom. The summed E-state index contributed by atoms with van der Waals surface area (Å²) in [6, 6.07) is 11.0. The summed E-state index contributed by atoms with van der Waals surface area (Å²) in [4.78, 5) is 20.8. The van der Waals surface area contributed by atoms with Gasteiger partial charge >= 0.3 is 0 Å². The number of ether oxygens (including phenoxy) is 3. The van der Waals surface area contributed by atoms with Crippen molar-refractivity contribution in [3.05, 3.63) is 64.7 Å². The summed E-state index contributed by atoms with van der Waals surface area (Å²) in [5.41, 5.74) is 1.50. The highest BCUT2D eigenvalue weighted by atomic mass is 35.5. The predicted octanol–water partition coefficient (Wildman–Crippen LogP) is 4.89. The summed E-state index contributed by atoms with van der Waals surface area (Å²) in [5, 5.41) is 2.46. The number of amides is 1. The number of nitrogens with zero attached hydrogens (tertiary/aromatic N) is 2. The molecule has 2 aromatic carbocycles. The number of hydrogen-bond donors (Lipinski definition) is 1. The van der Waals surface area contributed by atoms with Crippen molar-refractivity contribution in [3.8, 4) is 5.75 Å². The topological polar surface area (TPSA) is 107 Å². The molecule has 6 rings (SSSR count). The largest absolute Gasteiger partial charge is 0.490 e. The average molecular weight is 688 g/mol. The van der Waals surface area contributed by atoms with E-state index in [0.717, 1.165) is 37.1 Å². The number of carbonyl (C=O) groups is 1. The van der Waals surface area contributed by atoms with Gasteiger partial charge in [-0.25, -0.2) is 13.1 Å². The maximum absolute atomic E-state index is 13.6. The number of hydroxylamine groups is 2. The monoisotopic (exact) mass is 687 g/mol. The minimum atomic E-state index is -4.20. The SMILES string of the molecule is CON(C)CCO[C@H]1/C=C\COC(C)(C)C(=O)NS(=O)(=O)c2ccc3c(c2)N(C[C@@H]2CC[C@H]21)C[C@@]1(CCCc2cc(Cl)ccc21)CO3. The smallest absolute Gasteiger partial charge is 0.265 e. The molecule has 2 aliphatic carbocycles. The Hall–Kier alpha value is -2.67. The maximum atomic E-state index is 13.6. The number of nitrogens with one attached hydrogen (secondary N) is 1. The van der Waals surface area contributed by atoms with E-state index < -0.39 is 21.5 Å². The van der Waals surface area contributed by atoms with Gasteiger partial charge in [0.2, 0.25) is 0 Å². The summed E-state index contributed by atoms with van der Waals surface area (Å²) in [5.74, 6) is 0.429. The molecule has 12 heteroatoms. The molecule has 2 heterocycles. The first-order valence-electron chi connectivity index (χ1n) is 16.5. The number of aryl methyl sites for hydroxylation is 1. The number of fused-ring (bicyclic) bond motifs is 4. The van der Waals surface area contributed by atoms with E-state index in [-0.39, 0.29) is 28.9 Å². The maximum Gasteiger partial charge on any atom is 0.265 e. The first kappa shape index (κ1) is 34.2. The third kappa shape index (κ3) is 7.21. The number of halogens is 1. The van der Waals surface area contributed by atoms with Gasteiger partial charge in [-0.1, -0.05) is 29.8 Å². The van der Waals surface area contributed by atoms with E-state index in [4.69, 9.17) is 30.6 Å². The second-order valence-corrected chi connectivity index (χ2v) is 15.9. The van der Waals surface area contributed by atoms with E-state index in [9.17, 15) is 13.2 Å². The lowest BCUT2D eigenvalue weighted by atomic mass is 9.68. The van der Waals surface area contributed by atoms with Gasteiger partial charge in [0.25, 0.3) is 15.9 Å². The molecule has 1 spiro atoms. The van der Waals surface area contributed by atoms with Crippen LogP contribution in [-0.4, -0.2) is 84.7 Å². The van der Waals surface area contributed by atoms with Gasteiger partial charge in [0.15, 0.2) is 0 Å². The van der Waals surface area contributed by atoms with Gasteiger partial charge in [0.1, 0.15) is 11.4 Å². The van der Waals surface area contributed by atoms with Crippen molar-refractivity contribution in [2.45, 2.75) is 68.0 Å². The second-order valence-electron chi connectivity index (χ2n) is 13.8. The van der Waals surface area contributed by atoms with Crippen LogP contribution in [0.15, 0.2) is 53.4 Å². The van der Waals surface area contributed by atoms with Crippen molar-refractivity contribution in [2.75, 3.05) is 58.5 Å². The van der Waals surface area contributed by atoms with Crippen LogP contribution in [0.5, 0.6) is 5.75 Å². The van der Waals surface area contributed by atoms with Crippen molar-refractivity contribution < 1.29 is 32.3 Å². The molecule has 4 atom stereocenters. The predicted molar refractivity (Wildman–Crippen MR) is 180 cm³/mol. The summed E-state index contributed by atoms with van der Waals surface area (Å²) < 4.78 is 48.3. The quantitative estimate of drug-likeness (QED) is 0.348. The highest BCUT2D eigenvalue weighted by Crippen LogP contribution is 2.47. The van der Waals surface area contributed by atoms with Crippen molar-refractivity contribution in [2.24, 2.45) is 11.8 Å². The van der Waals surface area contributed by atoms with Crippen LogP contribution in [0, 0.1) is 11.8 Å². The Balaban J connectivity index is 1.40. The minimum absolute atomic E-state index is 0.00129. The fourth-order valence-electron chi connectivity index (χ4n) is 7.34. The highest BCUT2D eigenvalue weighted by Gasteiger charge is 2.45. The molecule has 2 aliphatic heterocycles. The zero-order chi connectivity index (χ0) is 33.4. The van der Waals surface area contributed by atoms with E-state index in [1.54, 1.807) is 38.2 Å². The molecule has 10 nitrogen and oxygen atoms in total.